The van der Waals surface area contributed by atoms with Gasteiger partial charge in [0.1, 0.15) is 0 Å². The van der Waals surface area contributed by atoms with Crippen LogP contribution in [-0.4, -0.2) is 19.8 Å². The van der Waals surface area contributed by atoms with Crippen molar-refractivity contribution in [3.05, 3.63) is 0 Å². The van der Waals surface area contributed by atoms with Crippen LogP contribution in [0.5, 0.6) is 0 Å². The molecule has 3 nitrogen and oxygen atoms in total. The van der Waals surface area contributed by atoms with Crippen LogP contribution < -0.4 is 11.3 Å². The molecule has 0 saturated heterocycles. The second kappa shape index (κ2) is 5.65. The highest BCUT2D eigenvalue weighted by atomic mass is 16.5. The van der Waals surface area contributed by atoms with Crippen molar-refractivity contribution in [1.82, 2.24) is 5.43 Å². The summed E-state index contributed by atoms with van der Waals surface area (Å²) in [6, 6.07) is 0.296. The second-order valence-electron chi connectivity index (χ2n) is 2.95. The summed E-state index contributed by atoms with van der Waals surface area (Å²) < 4.78 is 4.95. The van der Waals surface area contributed by atoms with E-state index in [9.17, 15) is 0 Å². The topological polar surface area (TPSA) is 47.3 Å². The minimum Gasteiger partial charge on any atom is -0.383 e. The van der Waals surface area contributed by atoms with Gasteiger partial charge in [0, 0.05) is 13.2 Å². The number of nitrogens with two attached hydrogens (primary N) is 1. The van der Waals surface area contributed by atoms with E-state index in [1.165, 1.54) is 0 Å². The van der Waals surface area contributed by atoms with E-state index in [-0.39, 0.29) is 0 Å². The smallest absolute Gasteiger partial charge is 0.0629 e. The highest BCUT2D eigenvalue weighted by Gasteiger charge is 2.06. The van der Waals surface area contributed by atoms with Crippen molar-refractivity contribution in [2.75, 3.05) is 13.7 Å². The van der Waals surface area contributed by atoms with E-state index in [1.807, 2.05) is 0 Å². The molecule has 0 rings (SSSR count). The van der Waals surface area contributed by atoms with Gasteiger partial charge in [0.05, 0.1) is 6.61 Å². The molecule has 3 heteroatoms. The van der Waals surface area contributed by atoms with Gasteiger partial charge in [-0.25, -0.2) is 0 Å². The van der Waals surface area contributed by atoms with Crippen molar-refractivity contribution < 1.29 is 4.74 Å². The van der Waals surface area contributed by atoms with Crippen LogP contribution in [0.2, 0.25) is 0 Å². The lowest BCUT2D eigenvalue weighted by molar-refractivity contribution is 0.157. The minimum absolute atomic E-state index is 0.296. The third-order valence-electron chi connectivity index (χ3n) is 1.36. The highest BCUT2D eigenvalue weighted by Crippen LogP contribution is 2.03. The summed E-state index contributed by atoms with van der Waals surface area (Å²) in [5, 5.41) is 0. The van der Waals surface area contributed by atoms with Gasteiger partial charge in [-0.1, -0.05) is 13.8 Å². The summed E-state index contributed by atoms with van der Waals surface area (Å²) in [7, 11) is 1.69. The average molecular weight is 146 g/mol. The Labute approximate surface area is 62.9 Å². The van der Waals surface area contributed by atoms with Gasteiger partial charge in [-0.2, -0.15) is 0 Å². The number of nitrogens with one attached hydrogen (secondary N) is 1. The van der Waals surface area contributed by atoms with Gasteiger partial charge in [-0.15, -0.1) is 0 Å². The zero-order valence-electron chi connectivity index (χ0n) is 7.05. The first-order chi connectivity index (χ1) is 4.70. The SMILES string of the molecule is COCC(CC(C)C)NN. The Kier molecular flexibility index (Phi) is 5.58. The number of ether oxygens (including phenoxy) is 1. The Balaban J connectivity index is 3.39. The molecule has 1 unspecified atom stereocenters. The monoisotopic (exact) mass is 146 g/mol. The van der Waals surface area contributed by atoms with Gasteiger partial charge in [0.2, 0.25) is 0 Å². The Morgan fingerprint density at radius 2 is 2.10 bits per heavy atom. The van der Waals surface area contributed by atoms with Crippen molar-refractivity contribution >= 4 is 0 Å². The molecule has 0 bridgehead atoms. The van der Waals surface area contributed by atoms with Gasteiger partial charge >= 0.3 is 0 Å². The Hall–Kier alpha value is -0.120. The van der Waals surface area contributed by atoms with E-state index in [1.54, 1.807) is 7.11 Å². The normalized spacial score (nSPS) is 14.1. The van der Waals surface area contributed by atoms with Crippen LogP contribution in [0.15, 0.2) is 0 Å². The molecule has 0 aromatic heterocycles. The van der Waals surface area contributed by atoms with Crippen LogP contribution in [0, 0.1) is 5.92 Å². The van der Waals surface area contributed by atoms with E-state index < -0.39 is 0 Å². The van der Waals surface area contributed by atoms with Gasteiger partial charge in [-0.3, -0.25) is 11.3 Å². The number of hydrazine groups is 1. The van der Waals surface area contributed by atoms with Crippen LogP contribution in [0.3, 0.4) is 0 Å². The molecule has 62 valence electrons. The third-order valence-corrected chi connectivity index (χ3v) is 1.36. The summed E-state index contributed by atoms with van der Waals surface area (Å²) in [5.41, 5.74) is 2.71. The van der Waals surface area contributed by atoms with Crippen molar-refractivity contribution in [2.24, 2.45) is 11.8 Å². The molecule has 0 spiro atoms. The van der Waals surface area contributed by atoms with Crippen LogP contribution in [0.25, 0.3) is 0 Å². The summed E-state index contributed by atoms with van der Waals surface area (Å²) in [6.45, 7) is 5.02. The molecule has 0 aliphatic rings. The van der Waals surface area contributed by atoms with E-state index >= 15 is 0 Å². The number of hydrogen-bond donors (Lipinski definition) is 2. The number of methoxy groups -OCH3 is 1. The Morgan fingerprint density at radius 3 is 2.40 bits per heavy atom. The maximum Gasteiger partial charge on any atom is 0.0629 e. The van der Waals surface area contributed by atoms with Gasteiger partial charge in [-0.05, 0) is 12.3 Å². The molecule has 0 heterocycles. The molecule has 0 radical (unpaired) electrons. The Morgan fingerprint density at radius 1 is 1.50 bits per heavy atom. The van der Waals surface area contributed by atoms with E-state index in [4.69, 9.17) is 10.6 Å². The summed E-state index contributed by atoms with van der Waals surface area (Å²) in [4.78, 5) is 0. The largest absolute Gasteiger partial charge is 0.383 e. The number of hydrogen-bond acceptors (Lipinski definition) is 3. The van der Waals surface area contributed by atoms with E-state index in [0.29, 0.717) is 18.6 Å². The summed E-state index contributed by atoms with van der Waals surface area (Å²) in [6.07, 6.45) is 1.06. The van der Waals surface area contributed by atoms with Crippen LogP contribution in [0.4, 0.5) is 0 Å². The quantitative estimate of drug-likeness (QED) is 0.439. The molecular formula is C7H18N2O. The van der Waals surface area contributed by atoms with Crippen molar-refractivity contribution in [3.8, 4) is 0 Å². The fourth-order valence-corrected chi connectivity index (χ4v) is 0.954. The molecule has 0 amide bonds. The first kappa shape index (κ1) is 9.88. The fourth-order valence-electron chi connectivity index (χ4n) is 0.954. The molecule has 0 aliphatic heterocycles. The minimum atomic E-state index is 0.296. The molecule has 10 heavy (non-hydrogen) atoms. The standard InChI is InChI=1S/C7H18N2O/c1-6(2)4-7(9-8)5-10-3/h6-7,9H,4-5,8H2,1-3H3. The lowest BCUT2D eigenvalue weighted by Gasteiger charge is -2.16. The molecule has 0 aromatic rings. The predicted molar refractivity (Wildman–Crippen MR) is 42.4 cm³/mol. The average Bonchev–Trinajstić information content (AvgIpc) is 1.86. The first-order valence-electron chi connectivity index (χ1n) is 3.65. The fraction of sp³-hybridized carbons (Fsp3) is 1.00. The molecule has 0 saturated carbocycles. The lowest BCUT2D eigenvalue weighted by Crippen LogP contribution is -2.39. The van der Waals surface area contributed by atoms with Crippen molar-refractivity contribution in [3.63, 3.8) is 0 Å². The third kappa shape index (κ3) is 4.73. The zero-order valence-corrected chi connectivity index (χ0v) is 7.05. The summed E-state index contributed by atoms with van der Waals surface area (Å²) >= 11 is 0. The molecule has 0 fully saturated rings. The molecule has 3 N–H and O–H groups in total. The highest BCUT2D eigenvalue weighted by molar-refractivity contribution is 4.63. The maximum absolute atomic E-state index is 5.28. The first-order valence-corrected chi connectivity index (χ1v) is 3.65. The van der Waals surface area contributed by atoms with E-state index in [0.717, 1.165) is 6.42 Å². The van der Waals surface area contributed by atoms with Crippen LogP contribution >= 0.6 is 0 Å². The van der Waals surface area contributed by atoms with Gasteiger partial charge < -0.3 is 4.74 Å². The van der Waals surface area contributed by atoms with Crippen molar-refractivity contribution in [1.29, 1.82) is 0 Å². The predicted octanol–water partition coefficient (Wildman–Crippen LogP) is 0.511. The molecule has 0 aromatic carbocycles. The molecular weight excluding hydrogens is 128 g/mol. The number of rotatable bonds is 5. The summed E-state index contributed by atoms with van der Waals surface area (Å²) in [5.74, 6) is 5.94. The second-order valence-corrected chi connectivity index (χ2v) is 2.95. The van der Waals surface area contributed by atoms with Crippen LogP contribution in [-0.2, 0) is 4.74 Å². The molecule has 0 aliphatic carbocycles. The van der Waals surface area contributed by atoms with E-state index in [2.05, 4.69) is 19.3 Å². The maximum atomic E-state index is 5.28. The van der Waals surface area contributed by atoms with Crippen molar-refractivity contribution in [2.45, 2.75) is 26.3 Å². The lowest BCUT2D eigenvalue weighted by atomic mass is 10.1. The van der Waals surface area contributed by atoms with Gasteiger partial charge in [0.15, 0.2) is 0 Å². The zero-order chi connectivity index (χ0) is 7.98. The molecule has 1 atom stereocenters. The van der Waals surface area contributed by atoms with Gasteiger partial charge in [0.25, 0.3) is 0 Å². The Bertz CT molecular complexity index is 76.0. The van der Waals surface area contributed by atoms with Crippen LogP contribution in [0.1, 0.15) is 20.3 Å².